The molecule has 0 spiro atoms. The Balaban J connectivity index is 1.51. The minimum atomic E-state index is -0.256. The molecule has 2 amide bonds. The van der Waals surface area contributed by atoms with Crippen molar-refractivity contribution in [1.82, 2.24) is 15.5 Å². The average Bonchev–Trinajstić information content (AvgIpc) is 3.37. The first-order chi connectivity index (χ1) is 13.2. The van der Waals surface area contributed by atoms with E-state index in [0.717, 1.165) is 44.0 Å². The fourth-order valence-electron chi connectivity index (χ4n) is 4.00. The van der Waals surface area contributed by atoms with E-state index in [-0.39, 0.29) is 23.9 Å². The summed E-state index contributed by atoms with van der Waals surface area (Å²) in [6.45, 7) is 3.72. The van der Waals surface area contributed by atoms with Crippen molar-refractivity contribution in [3.63, 3.8) is 0 Å². The van der Waals surface area contributed by atoms with E-state index in [1.165, 1.54) is 57.8 Å². The van der Waals surface area contributed by atoms with E-state index in [9.17, 15) is 9.59 Å². The van der Waals surface area contributed by atoms with Gasteiger partial charge in [-0.15, -0.1) is 11.8 Å². The first-order valence-corrected chi connectivity index (χ1v) is 12.3. The van der Waals surface area contributed by atoms with Gasteiger partial charge in [-0.05, 0) is 19.3 Å². The van der Waals surface area contributed by atoms with Gasteiger partial charge in [-0.25, -0.2) is 0 Å². The second-order valence-corrected chi connectivity index (χ2v) is 8.96. The third-order valence-corrected chi connectivity index (χ3v) is 6.62. The molecular weight excluding hydrogens is 358 g/mol. The maximum Gasteiger partial charge on any atom is 0.242 e. The Morgan fingerprint density at radius 2 is 1.70 bits per heavy atom. The smallest absolute Gasteiger partial charge is 0.242 e. The van der Waals surface area contributed by atoms with Crippen LogP contribution in [0.15, 0.2) is 0 Å². The van der Waals surface area contributed by atoms with Crippen LogP contribution in [0.5, 0.6) is 0 Å². The summed E-state index contributed by atoms with van der Waals surface area (Å²) in [4.78, 5) is 26.9. The first kappa shape index (κ1) is 22.5. The third-order valence-electron chi connectivity index (χ3n) is 5.68. The second kappa shape index (κ2) is 13.4. The highest BCUT2D eigenvalue weighted by Crippen LogP contribution is 2.21. The summed E-state index contributed by atoms with van der Waals surface area (Å²) in [6.07, 6.45) is 14.7. The topological polar surface area (TPSA) is 61.4 Å². The van der Waals surface area contributed by atoms with E-state index in [1.54, 1.807) is 16.7 Å². The van der Waals surface area contributed by atoms with Gasteiger partial charge in [0.15, 0.2) is 0 Å². The van der Waals surface area contributed by atoms with Crippen LogP contribution in [0.4, 0.5) is 0 Å². The lowest BCUT2D eigenvalue weighted by Gasteiger charge is -2.26. The number of likely N-dealkylation sites (tertiary alicyclic amines) is 1. The van der Waals surface area contributed by atoms with E-state index in [2.05, 4.69) is 17.6 Å². The zero-order valence-corrected chi connectivity index (χ0v) is 18.0. The first-order valence-electron chi connectivity index (χ1n) is 11.1. The predicted octanol–water partition coefficient (Wildman–Crippen LogP) is 3.68. The quantitative estimate of drug-likeness (QED) is 0.466. The summed E-state index contributed by atoms with van der Waals surface area (Å²) >= 11 is 1.75. The van der Waals surface area contributed by atoms with Crippen LogP contribution in [-0.4, -0.2) is 53.5 Å². The molecule has 2 heterocycles. The molecular formula is C21H39N3O2S. The number of nitrogens with one attached hydrogen (secondary N) is 2. The Morgan fingerprint density at radius 3 is 2.33 bits per heavy atom. The van der Waals surface area contributed by atoms with Gasteiger partial charge in [0.05, 0.1) is 6.04 Å². The molecule has 0 bridgehead atoms. The van der Waals surface area contributed by atoms with Gasteiger partial charge in [-0.3, -0.25) is 14.9 Å². The molecule has 0 radical (unpaired) electrons. The zero-order valence-electron chi connectivity index (χ0n) is 17.1. The Kier molecular flexibility index (Phi) is 11.2. The molecule has 156 valence electrons. The monoisotopic (exact) mass is 397 g/mol. The summed E-state index contributed by atoms with van der Waals surface area (Å²) in [5, 5.41) is 6.29. The van der Waals surface area contributed by atoms with Gasteiger partial charge < -0.3 is 10.2 Å². The summed E-state index contributed by atoms with van der Waals surface area (Å²) in [5.41, 5.74) is 0. The highest BCUT2D eigenvalue weighted by Gasteiger charge is 2.37. The summed E-state index contributed by atoms with van der Waals surface area (Å²) in [7, 11) is 0. The number of rotatable bonds is 13. The fraction of sp³-hybridized carbons (Fsp3) is 0.905. The van der Waals surface area contributed by atoms with Crippen LogP contribution in [0.1, 0.15) is 84.0 Å². The standard InChI is InChI=1S/C21H39N3O2S/c1-2-3-4-5-6-7-8-9-10-11-14-22-20(25)19-13-12-15-24(19)21(26)18-16-27-17-23-18/h18-19,23H,2-17H2,1H3,(H,22,25)/t18-,19?/m1/s1. The van der Waals surface area contributed by atoms with Gasteiger partial charge >= 0.3 is 0 Å². The molecule has 0 aromatic carbocycles. The van der Waals surface area contributed by atoms with E-state index in [1.807, 2.05) is 0 Å². The van der Waals surface area contributed by atoms with Crippen molar-refractivity contribution >= 4 is 23.6 Å². The van der Waals surface area contributed by atoms with Gasteiger partial charge in [-0.2, -0.15) is 0 Å². The lowest BCUT2D eigenvalue weighted by Crippen LogP contribution is -2.51. The van der Waals surface area contributed by atoms with Crippen LogP contribution in [0.25, 0.3) is 0 Å². The van der Waals surface area contributed by atoms with E-state index < -0.39 is 0 Å². The van der Waals surface area contributed by atoms with E-state index in [0.29, 0.717) is 0 Å². The zero-order chi connectivity index (χ0) is 19.3. The highest BCUT2D eigenvalue weighted by atomic mass is 32.2. The highest BCUT2D eigenvalue weighted by molar-refractivity contribution is 7.99. The number of carbonyl (C=O) groups is 2. The van der Waals surface area contributed by atoms with Crippen LogP contribution in [0.2, 0.25) is 0 Å². The van der Waals surface area contributed by atoms with Crippen molar-refractivity contribution in [3.8, 4) is 0 Å². The Hall–Kier alpha value is -0.750. The minimum absolute atomic E-state index is 0.0439. The van der Waals surface area contributed by atoms with Crippen LogP contribution < -0.4 is 10.6 Å². The van der Waals surface area contributed by atoms with Gasteiger partial charge in [0.1, 0.15) is 6.04 Å². The molecule has 2 N–H and O–H groups in total. The number of hydrogen-bond donors (Lipinski definition) is 2. The Morgan fingerprint density at radius 1 is 1.04 bits per heavy atom. The van der Waals surface area contributed by atoms with Crippen molar-refractivity contribution in [2.75, 3.05) is 24.7 Å². The molecule has 2 atom stereocenters. The van der Waals surface area contributed by atoms with E-state index in [4.69, 9.17) is 0 Å². The van der Waals surface area contributed by atoms with Crippen LogP contribution in [0, 0.1) is 0 Å². The Bertz CT molecular complexity index is 441. The lowest BCUT2D eigenvalue weighted by atomic mass is 10.1. The largest absolute Gasteiger partial charge is 0.354 e. The molecule has 5 nitrogen and oxygen atoms in total. The number of unbranched alkanes of at least 4 members (excludes halogenated alkanes) is 9. The molecule has 0 aromatic heterocycles. The summed E-state index contributed by atoms with van der Waals surface area (Å²) in [5.74, 6) is 1.81. The molecule has 1 unspecified atom stereocenters. The van der Waals surface area contributed by atoms with Gasteiger partial charge in [0.25, 0.3) is 0 Å². The molecule has 0 aromatic rings. The normalized spacial score (nSPS) is 22.3. The van der Waals surface area contributed by atoms with Crippen molar-refractivity contribution < 1.29 is 9.59 Å². The average molecular weight is 398 g/mol. The number of amides is 2. The SMILES string of the molecule is CCCCCCCCCCCCNC(=O)C1CCCN1C(=O)[C@H]1CSCN1. The second-order valence-electron chi connectivity index (χ2n) is 7.93. The van der Waals surface area contributed by atoms with Gasteiger partial charge in [0.2, 0.25) is 11.8 Å². The molecule has 2 saturated heterocycles. The fourth-order valence-corrected chi connectivity index (χ4v) is 4.93. The van der Waals surface area contributed by atoms with Crippen LogP contribution in [-0.2, 0) is 9.59 Å². The van der Waals surface area contributed by atoms with Crippen LogP contribution >= 0.6 is 11.8 Å². The number of thioether (sulfide) groups is 1. The lowest BCUT2D eigenvalue weighted by molar-refractivity contribution is -0.139. The predicted molar refractivity (Wildman–Crippen MR) is 114 cm³/mol. The van der Waals surface area contributed by atoms with Crippen molar-refractivity contribution in [3.05, 3.63) is 0 Å². The molecule has 6 heteroatoms. The third kappa shape index (κ3) is 8.02. The van der Waals surface area contributed by atoms with E-state index >= 15 is 0 Å². The van der Waals surface area contributed by atoms with Gasteiger partial charge in [0, 0.05) is 24.7 Å². The van der Waals surface area contributed by atoms with Crippen molar-refractivity contribution in [2.45, 2.75) is 96.1 Å². The number of hydrogen-bond acceptors (Lipinski definition) is 4. The maximum atomic E-state index is 12.6. The number of carbonyl (C=O) groups excluding carboxylic acids is 2. The minimum Gasteiger partial charge on any atom is -0.354 e. The molecule has 0 aliphatic carbocycles. The Labute approximate surface area is 169 Å². The molecule has 0 saturated carbocycles. The van der Waals surface area contributed by atoms with Crippen molar-refractivity contribution in [1.29, 1.82) is 0 Å². The molecule has 27 heavy (non-hydrogen) atoms. The van der Waals surface area contributed by atoms with Crippen LogP contribution in [0.3, 0.4) is 0 Å². The maximum absolute atomic E-state index is 12.6. The molecule has 2 rings (SSSR count). The molecule has 2 fully saturated rings. The summed E-state index contributed by atoms with van der Waals surface area (Å²) < 4.78 is 0. The van der Waals surface area contributed by atoms with Gasteiger partial charge in [-0.1, -0.05) is 64.7 Å². The number of nitrogens with zero attached hydrogens (tertiary/aromatic N) is 1. The summed E-state index contributed by atoms with van der Waals surface area (Å²) in [6, 6.07) is -0.363. The molecule has 2 aliphatic heterocycles. The van der Waals surface area contributed by atoms with Crippen molar-refractivity contribution in [2.24, 2.45) is 0 Å². The molecule has 2 aliphatic rings.